The Morgan fingerprint density at radius 1 is 1.00 bits per heavy atom. The van der Waals surface area contributed by atoms with Crippen molar-refractivity contribution in [2.75, 3.05) is 5.32 Å². The van der Waals surface area contributed by atoms with E-state index in [0.717, 1.165) is 25.7 Å². The Morgan fingerprint density at radius 3 is 2.14 bits per heavy atom. The zero-order valence-corrected chi connectivity index (χ0v) is 17.0. The lowest BCUT2D eigenvalue weighted by Gasteiger charge is -2.18. The van der Waals surface area contributed by atoms with Crippen molar-refractivity contribution >= 4 is 17.6 Å². The summed E-state index contributed by atoms with van der Waals surface area (Å²) in [6, 6.07) is 8.17. The van der Waals surface area contributed by atoms with E-state index in [-0.39, 0.29) is 17.2 Å². The van der Waals surface area contributed by atoms with Crippen molar-refractivity contribution in [3.05, 3.63) is 41.6 Å². The summed E-state index contributed by atoms with van der Waals surface area (Å²) in [5.74, 6) is -1.61. The van der Waals surface area contributed by atoms with Crippen LogP contribution in [0.15, 0.2) is 36.0 Å². The van der Waals surface area contributed by atoms with E-state index in [1.54, 1.807) is 12.1 Å². The molecule has 1 amide bonds. The van der Waals surface area contributed by atoms with Crippen LogP contribution in [0.1, 0.15) is 81.0 Å². The normalized spacial score (nSPS) is 17.3. The van der Waals surface area contributed by atoms with Crippen molar-refractivity contribution in [3.8, 4) is 6.07 Å². The van der Waals surface area contributed by atoms with Crippen LogP contribution >= 0.6 is 0 Å². The molecule has 0 aromatic heterocycles. The van der Waals surface area contributed by atoms with Crippen molar-refractivity contribution in [1.82, 2.24) is 5.32 Å². The number of amides is 1. The number of anilines is 1. The Balaban J connectivity index is 1.95. The number of benzene rings is 1. The van der Waals surface area contributed by atoms with Gasteiger partial charge in [0.2, 0.25) is 0 Å². The third kappa shape index (κ3) is 8.39. The molecule has 0 atom stereocenters. The summed E-state index contributed by atoms with van der Waals surface area (Å²) >= 11 is 0. The molecule has 6 nitrogen and oxygen atoms in total. The summed E-state index contributed by atoms with van der Waals surface area (Å²) in [4.78, 5) is 23.5. The highest BCUT2D eigenvalue weighted by Gasteiger charge is 2.13. The number of hydrogen-bond acceptors (Lipinski definition) is 4. The lowest BCUT2D eigenvalue weighted by molar-refractivity contribution is -0.112. The van der Waals surface area contributed by atoms with Gasteiger partial charge in [0.1, 0.15) is 11.6 Å². The first kappa shape index (κ1) is 22.5. The number of carbonyl (C=O) groups is 2. The summed E-state index contributed by atoms with van der Waals surface area (Å²) < 4.78 is 0. The second kappa shape index (κ2) is 12.6. The number of aromatic carboxylic acids is 1. The third-order valence-corrected chi connectivity index (χ3v) is 5.30. The molecule has 1 fully saturated rings. The Morgan fingerprint density at radius 2 is 1.59 bits per heavy atom. The minimum Gasteiger partial charge on any atom is -0.478 e. The maximum atomic E-state index is 12.4. The highest BCUT2D eigenvalue weighted by molar-refractivity contribution is 6.06. The van der Waals surface area contributed by atoms with Gasteiger partial charge in [-0.1, -0.05) is 63.9 Å². The Bertz CT molecular complexity index is 740. The van der Waals surface area contributed by atoms with Crippen molar-refractivity contribution in [3.63, 3.8) is 0 Å². The maximum absolute atomic E-state index is 12.4. The van der Waals surface area contributed by atoms with Crippen LogP contribution in [0, 0.1) is 11.3 Å². The molecule has 0 spiro atoms. The number of carboxylic acid groups (broad SMARTS) is 1. The smallest absolute Gasteiger partial charge is 0.335 e. The summed E-state index contributed by atoms with van der Waals surface area (Å²) in [6.45, 7) is 0. The lowest BCUT2D eigenvalue weighted by atomic mass is 9.98. The van der Waals surface area contributed by atoms with Gasteiger partial charge in [-0.2, -0.15) is 5.26 Å². The third-order valence-electron chi connectivity index (χ3n) is 5.30. The molecule has 1 aliphatic rings. The van der Waals surface area contributed by atoms with Crippen LogP contribution in [0.3, 0.4) is 0 Å². The van der Waals surface area contributed by atoms with E-state index in [4.69, 9.17) is 5.11 Å². The first-order valence-corrected chi connectivity index (χ1v) is 10.6. The van der Waals surface area contributed by atoms with Gasteiger partial charge in [0.25, 0.3) is 5.91 Å². The second-order valence-corrected chi connectivity index (χ2v) is 7.63. The zero-order chi connectivity index (χ0) is 20.9. The first-order chi connectivity index (χ1) is 14.1. The average molecular weight is 398 g/mol. The molecule has 6 heteroatoms. The van der Waals surface area contributed by atoms with Gasteiger partial charge in [-0.3, -0.25) is 4.79 Å². The predicted molar refractivity (Wildman–Crippen MR) is 113 cm³/mol. The predicted octanol–water partition coefficient (Wildman–Crippen LogP) is 4.99. The maximum Gasteiger partial charge on any atom is 0.335 e. The number of nitrogens with zero attached hydrogens (tertiary/aromatic N) is 1. The average Bonchev–Trinajstić information content (AvgIpc) is 2.70. The largest absolute Gasteiger partial charge is 0.478 e. The standard InChI is InChI=1S/C23H31N3O3/c24-16-19(22(27)26-21-14-10-11-18(15-21)23(28)29)17-25-20-12-8-6-4-2-1-3-5-7-9-13-20/h10-11,14-15,17,20,25H,1-9,12-13H2,(H,26,27)(H,28,29)/b19-17-. The minimum absolute atomic E-state index is 0.0168. The summed E-state index contributed by atoms with van der Waals surface area (Å²) in [7, 11) is 0. The zero-order valence-electron chi connectivity index (χ0n) is 17.0. The fourth-order valence-corrected chi connectivity index (χ4v) is 3.61. The van der Waals surface area contributed by atoms with Crippen molar-refractivity contribution in [2.45, 2.75) is 76.7 Å². The fourth-order valence-electron chi connectivity index (χ4n) is 3.61. The highest BCUT2D eigenvalue weighted by atomic mass is 16.4. The molecular weight excluding hydrogens is 366 g/mol. The van der Waals surface area contributed by atoms with E-state index in [9.17, 15) is 14.9 Å². The van der Waals surface area contributed by atoms with Crippen LogP contribution < -0.4 is 10.6 Å². The van der Waals surface area contributed by atoms with E-state index in [2.05, 4.69) is 10.6 Å². The van der Waals surface area contributed by atoms with Gasteiger partial charge in [0.05, 0.1) is 5.56 Å². The van der Waals surface area contributed by atoms with Crippen molar-refractivity contribution in [1.29, 1.82) is 5.26 Å². The molecule has 2 rings (SSSR count). The van der Waals surface area contributed by atoms with E-state index < -0.39 is 11.9 Å². The molecule has 0 heterocycles. The Hall–Kier alpha value is -2.81. The highest BCUT2D eigenvalue weighted by Crippen LogP contribution is 2.17. The molecule has 156 valence electrons. The molecule has 3 N–H and O–H groups in total. The van der Waals surface area contributed by atoms with Crippen molar-refractivity contribution < 1.29 is 14.7 Å². The number of carboxylic acids is 1. The molecule has 0 bridgehead atoms. The quantitative estimate of drug-likeness (QED) is 0.480. The number of hydrogen-bond donors (Lipinski definition) is 3. The minimum atomic E-state index is -1.07. The van der Waals surface area contributed by atoms with Crippen LogP contribution in [0.4, 0.5) is 5.69 Å². The Kier molecular flexibility index (Phi) is 9.77. The number of nitriles is 1. The molecule has 1 saturated carbocycles. The van der Waals surface area contributed by atoms with E-state index in [1.165, 1.54) is 63.3 Å². The number of rotatable bonds is 5. The van der Waals surface area contributed by atoms with Crippen LogP contribution in [-0.4, -0.2) is 23.0 Å². The molecule has 0 saturated heterocycles. The monoisotopic (exact) mass is 397 g/mol. The molecular formula is C23H31N3O3. The topological polar surface area (TPSA) is 102 Å². The second-order valence-electron chi connectivity index (χ2n) is 7.63. The van der Waals surface area contributed by atoms with E-state index in [0.29, 0.717) is 5.69 Å². The van der Waals surface area contributed by atoms with Gasteiger partial charge >= 0.3 is 5.97 Å². The van der Waals surface area contributed by atoms with E-state index in [1.807, 2.05) is 6.07 Å². The van der Waals surface area contributed by atoms with Gasteiger partial charge in [0.15, 0.2) is 0 Å². The van der Waals surface area contributed by atoms with Crippen LogP contribution in [0.2, 0.25) is 0 Å². The molecule has 0 unspecified atom stereocenters. The fraction of sp³-hybridized carbons (Fsp3) is 0.522. The van der Waals surface area contributed by atoms with Gasteiger partial charge < -0.3 is 15.7 Å². The van der Waals surface area contributed by atoms with Crippen molar-refractivity contribution in [2.24, 2.45) is 0 Å². The summed E-state index contributed by atoms with van der Waals surface area (Å²) in [5, 5.41) is 24.3. The Labute approximate surface area is 173 Å². The molecule has 29 heavy (non-hydrogen) atoms. The summed E-state index contributed by atoms with van der Waals surface area (Å²) in [5.41, 5.74) is 0.413. The molecule has 1 aromatic rings. The van der Waals surface area contributed by atoms with Gasteiger partial charge in [-0.05, 0) is 31.0 Å². The van der Waals surface area contributed by atoms with Gasteiger partial charge in [-0.25, -0.2) is 4.79 Å². The van der Waals surface area contributed by atoms with Gasteiger partial charge in [-0.15, -0.1) is 0 Å². The summed E-state index contributed by atoms with van der Waals surface area (Å²) in [6.07, 6.45) is 14.9. The van der Waals surface area contributed by atoms with Crippen LogP contribution in [0.25, 0.3) is 0 Å². The lowest BCUT2D eigenvalue weighted by Crippen LogP contribution is -2.26. The SMILES string of the molecule is N#C/C(=C/NC1CCCCCCCCCCC1)C(=O)Nc1cccc(C(=O)O)c1. The number of nitrogens with one attached hydrogen (secondary N) is 2. The molecule has 1 aliphatic carbocycles. The first-order valence-electron chi connectivity index (χ1n) is 10.6. The molecule has 1 aromatic carbocycles. The molecule has 0 aliphatic heterocycles. The molecule has 0 radical (unpaired) electrons. The van der Waals surface area contributed by atoms with E-state index >= 15 is 0 Å². The number of carbonyl (C=O) groups excluding carboxylic acids is 1. The van der Waals surface area contributed by atoms with Crippen LogP contribution in [-0.2, 0) is 4.79 Å². The van der Waals surface area contributed by atoms with Gasteiger partial charge in [0, 0.05) is 17.9 Å². The van der Waals surface area contributed by atoms with Crippen LogP contribution in [0.5, 0.6) is 0 Å².